The number of ether oxygens (including phenoxy) is 2. The van der Waals surface area contributed by atoms with E-state index >= 15 is 0 Å². The van der Waals surface area contributed by atoms with Crippen LogP contribution in [-0.4, -0.2) is 57.3 Å². The number of piperidine rings is 1. The lowest BCUT2D eigenvalue weighted by Crippen LogP contribution is -2.42. The number of anilines is 1. The number of aromatic nitrogens is 1. The zero-order valence-corrected chi connectivity index (χ0v) is 16.3. The van der Waals surface area contributed by atoms with Crippen LogP contribution in [0.2, 0.25) is 0 Å². The number of fused-ring (bicyclic) bond motifs is 1. The van der Waals surface area contributed by atoms with E-state index in [4.69, 9.17) is 14.5 Å². The quantitative estimate of drug-likeness (QED) is 0.793. The molecule has 0 radical (unpaired) electrons. The summed E-state index contributed by atoms with van der Waals surface area (Å²) in [5.74, 6) is 2.54. The number of nitrogens with zero attached hydrogens (tertiary/aromatic N) is 3. The summed E-state index contributed by atoms with van der Waals surface area (Å²) in [5.41, 5.74) is 0. The molecular formula is C18H24BrN3O2. The highest BCUT2D eigenvalue weighted by Gasteiger charge is 2.24. The Morgan fingerprint density at radius 1 is 1.21 bits per heavy atom. The third-order valence-electron chi connectivity index (χ3n) is 4.88. The fourth-order valence-corrected chi connectivity index (χ4v) is 3.89. The Morgan fingerprint density at radius 2 is 1.92 bits per heavy atom. The van der Waals surface area contributed by atoms with Crippen LogP contribution in [-0.2, 0) is 0 Å². The van der Waals surface area contributed by atoms with Gasteiger partial charge in [0.25, 0.3) is 0 Å². The summed E-state index contributed by atoms with van der Waals surface area (Å²) in [7, 11) is 7.67. The van der Waals surface area contributed by atoms with Crippen molar-refractivity contribution >= 4 is 32.5 Å². The van der Waals surface area contributed by atoms with E-state index in [0.717, 1.165) is 58.5 Å². The van der Waals surface area contributed by atoms with Crippen molar-refractivity contribution in [1.29, 1.82) is 0 Å². The predicted octanol–water partition coefficient (Wildman–Crippen LogP) is 3.54. The standard InChI is InChI=1S/C18H24BrN3O2/c1-21-7-5-12(6-8-21)22(2)18-14-9-13(23-3)10-16(24-4)17(14)15(19)11-20-18/h9-12H,5-8H2,1-4H3. The molecule has 1 saturated heterocycles. The summed E-state index contributed by atoms with van der Waals surface area (Å²) in [5, 5.41) is 2.07. The van der Waals surface area contributed by atoms with Gasteiger partial charge in [-0.05, 0) is 55.0 Å². The molecule has 6 heteroatoms. The Morgan fingerprint density at radius 3 is 2.54 bits per heavy atom. The minimum atomic E-state index is 0.496. The van der Waals surface area contributed by atoms with E-state index in [1.165, 1.54) is 0 Å². The number of methoxy groups -OCH3 is 2. The Labute approximate surface area is 151 Å². The molecule has 5 nitrogen and oxygen atoms in total. The van der Waals surface area contributed by atoms with Crippen molar-refractivity contribution in [3.05, 3.63) is 22.8 Å². The molecule has 0 atom stereocenters. The lowest BCUT2D eigenvalue weighted by Gasteiger charge is -2.36. The maximum Gasteiger partial charge on any atom is 0.136 e. The molecule has 1 aliphatic rings. The number of likely N-dealkylation sites (tertiary alicyclic amines) is 1. The fraction of sp³-hybridized carbons (Fsp3) is 0.500. The highest BCUT2D eigenvalue weighted by atomic mass is 79.9. The Bertz CT molecular complexity index is 730. The van der Waals surface area contributed by atoms with E-state index in [1.54, 1.807) is 14.2 Å². The second-order valence-electron chi connectivity index (χ2n) is 6.33. The molecule has 0 saturated carbocycles. The summed E-state index contributed by atoms with van der Waals surface area (Å²) in [4.78, 5) is 9.39. The van der Waals surface area contributed by atoms with Crippen LogP contribution in [0.1, 0.15) is 12.8 Å². The monoisotopic (exact) mass is 393 g/mol. The van der Waals surface area contributed by atoms with Gasteiger partial charge in [-0.2, -0.15) is 0 Å². The molecule has 1 aromatic carbocycles. The van der Waals surface area contributed by atoms with Gasteiger partial charge < -0.3 is 19.3 Å². The molecule has 0 bridgehead atoms. The molecule has 2 heterocycles. The molecule has 0 amide bonds. The van der Waals surface area contributed by atoms with Crippen molar-refractivity contribution in [3.8, 4) is 11.5 Å². The number of halogens is 1. The summed E-state index contributed by atoms with van der Waals surface area (Å²) in [6.45, 7) is 2.24. The van der Waals surface area contributed by atoms with E-state index in [0.29, 0.717) is 6.04 Å². The first-order valence-corrected chi connectivity index (χ1v) is 8.96. The molecule has 2 aromatic rings. The molecule has 0 aliphatic carbocycles. The highest BCUT2D eigenvalue weighted by Crippen LogP contribution is 2.40. The van der Waals surface area contributed by atoms with Crippen LogP contribution in [0.4, 0.5) is 5.82 Å². The maximum atomic E-state index is 5.58. The molecule has 1 fully saturated rings. The van der Waals surface area contributed by atoms with Gasteiger partial charge in [-0.1, -0.05) is 0 Å². The van der Waals surface area contributed by atoms with E-state index < -0.39 is 0 Å². The normalized spacial score (nSPS) is 16.4. The molecule has 1 aromatic heterocycles. The van der Waals surface area contributed by atoms with Crippen molar-refractivity contribution in [1.82, 2.24) is 9.88 Å². The number of benzene rings is 1. The largest absolute Gasteiger partial charge is 0.497 e. The van der Waals surface area contributed by atoms with Gasteiger partial charge in [0.2, 0.25) is 0 Å². The summed E-state index contributed by atoms with van der Waals surface area (Å²) in [6.07, 6.45) is 4.15. The number of hydrogen-bond acceptors (Lipinski definition) is 5. The zero-order valence-electron chi connectivity index (χ0n) is 14.7. The molecule has 24 heavy (non-hydrogen) atoms. The van der Waals surface area contributed by atoms with Crippen molar-refractivity contribution in [2.75, 3.05) is 46.3 Å². The smallest absolute Gasteiger partial charge is 0.136 e. The average Bonchev–Trinajstić information content (AvgIpc) is 2.61. The number of rotatable bonds is 4. The van der Waals surface area contributed by atoms with E-state index in [2.05, 4.69) is 39.8 Å². The van der Waals surface area contributed by atoms with E-state index in [-0.39, 0.29) is 0 Å². The Kier molecular flexibility index (Phi) is 5.15. The molecule has 130 valence electrons. The summed E-state index contributed by atoms with van der Waals surface area (Å²) < 4.78 is 12.0. The van der Waals surface area contributed by atoms with E-state index in [1.807, 2.05) is 18.3 Å². The first kappa shape index (κ1) is 17.3. The highest BCUT2D eigenvalue weighted by molar-refractivity contribution is 9.10. The first-order chi connectivity index (χ1) is 11.5. The topological polar surface area (TPSA) is 37.8 Å². The van der Waals surface area contributed by atoms with Crippen LogP contribution >= 0.6 is 15.9 Å². The second kappa shape index (κ2) is 7.15. The van der Waals surface area contributed by atoms with Crippen LogP contribution in [0.15, 0.2) is 22.8 Å². The minimum absolute atomic E-state index is 0.496. The second-order valence-corrected chi connectivity index (χ2v) is 7.18. The third-order valence-corrected chi connectivity index (χ3v) is 5.48. The van der Waals surface area contributed by atoms with Gasteiger partial charge >= 0.3 is 0 Å². The van der Waals surface area contributed by atoms with Crippen molar-refractivity contribution in [2.24, 2.45) is 0 Å². The summed E-state index contributed by atoms with van der Waals surface area (Å²) in [6, 6.07) is 4.44. The van der Waals surface area contributed by atoms with Crippen LogP contribution in [0.25, 0.3) is 10.8 Å². The van der Waals surface area contributed by atoms with E-state index in [9.17, 15) is 0 Å². The van der Waals surface area contributed by atoms with Crippen molar-refractivity contribution in [2.45, 2.75) is 18.9 Å². The molecular weight excluding hydrogens is 370 g/mol. The van der Waals surface area contributed by atoms with Crippen molar-refractivity contribution in [3.63, 3.8) is 0 Å². The van der Waals surface area contributed by atoms with Gasteiger partial charge in [0.15, 0.2) is 0 Å². The van der Waals surface area contributed by atoms with Crippen LogP contribution in [0.3, 0.4) is 0 Å². The molecule has 3 rings (SSSR count). The van der Waals surface area contributed by atoms with Gasteiger partial charge in [-0.3, -0.25) is 0 Å². The fourth-order valence-electron chi connectivity index (χ4n) is 3.38. The lowest BCUT2D eigenvalue weighted by molar-refractivity contribution is 0.252. The molecule has 1 aliphatic heterocycles. The summed E-state index contributed by atoms with van der Waals surface area (Å²) >= 11 is 3.61. The zero-order chi connectivity index (χ0) is 17.3. The first-order valence-electron chi connectivity index (χ1n) is 8.16. The third kappa shape index (κ3) is 3.17. The van der Waals surface area contributed by atoms with Crippen LogP contribution in [0.5, 0.6) is 11.5 Å². The molecule has 0 N–H and O–H groups in total. The van der Waals surface area contributed by atoms with Crippen molar-refractivity contribution < 1.29 is 9.47 Å². The van der Waals surface area contributed by atoms with Crippen LogP contribution in [0, 0.1) is 0 Å². The maximum absolute atomic E-state index is 5.58. The van der Waals surface area contributed by atoms with Gasteiger partial charge in [0.05, 0.1) is 14.2 Å². The molecule has 0 unspecified atom stereocenters. The lowest BCUT2D eigenvalue weighted by atomic mass is 10.0. The van der Waals surface area contributed by atoms with Gasteiger partial charge in [-0.25, -0.2) is 4.98 Å². The van der Waals surface area contributed by atoms with Crippen LogP contribution < -0.4 is 14.4 Å². The minimum Gasteiger partial charge on any atom is -0.497 e. The van der Waals surface area contributed by atoms with Gasteiger partial charge in [0, 0.05) is 40.6 Å². The number of hydrogen-bond donors (Lipinski definition) is 0. The average molecular weight is 394 g/mol. The Hall–Kier alpha value is -1.53. The van der Waals surface area contributed by atoms with Gasteiger partial charge in [0.1, 0.15) is 17.3 Å². The SMILES string of the molecule is COc1cc(OC)c2c(Br)cnc(N(C)C3CCN(C)CC3)c2c1. The molecule has 0 spiro atoms. The van der Waals surface area contributed by atoms with Gasteiger partial charge in [-0.15, -0.1) is 0 Å². The number of pyridine rings is 1. The predicted molar refractivity (Wildman–Crippen MR) is 101 cm³/mol. The Balaban J connectivity index is 2.09.